The van der Waals surface area contributed by atoms with Crippen LogP contribution < -0.4 is 10.6 Å². The number of hydrogen-bond donors (Lipinski definition) is 2. The molecule has 1 aliphatic heterocycles. The lowest BCUT2D eigenvalue weighted by atomic mass is 10.1. The molecule has 2 N–H and O–H groups in total. The first-order valence-electron chi connectivity index (χ1n) is 8.50. The molecule has 0 radical (unpaired) electrons. The van der Waals surface area contributed by atoms with Crippen LogP contribution in [0.25, 0.3) is 0 Å². The van der Waals surface area contributed by atoms with Crippen LogP contribution in [-0.2, 0) is 9.53 Å². The van der Waals surface area contributed by atoms with Gasteiger partial charge in [0, 0.05) is 11.3 Å². The maximum atomic E-state index is 13.5. The molecular weight excluding hydrogens is 368 g/mol. The SMILES string of the molecule is CCOC(=O)C1=C(C)Nc2ccccc2N=C1NC(=O)c1ccc(F)c(F)c1. The molecule has 3 rings (SSSR count). The maximum absolute atomic E-state index is 13.5. The number of anilines is 1. The zero-order valence-corrected chi connectivity index (χ0v) is 15.2. The number of amidine groups is 1. The molecule has 0 saturated carbocycles. The minimum absolute atomic E-state index is 0.0361. The monoisotopic (exact) mass is 385 g/mol. The van der Waals surface area contributed by atoms with Crippen LogP contribution in [0.4, 0.5) is 20.2 Å². The third-order valence-electron chi connectivity index (χ3n) is 3.96. The van der Waals surface area contributed by atoms with Crippen molar-refractivity contribution in [3.63, 3.8) is 0 Å². The van der Waals surface area contributed by atoms with Gasteiger partial charge < -0.3 is 15.4 Å². The van der Waals surface area contributed by atoms with Crippen molar-refractivity contribution in [2.45, 2.75) is 13.8 Å². The van der Waals surface area contributed by atoms with Crippen molar-refractivity contribution < 1.29 is 23.1 Å². The van der Waals surface area contributed by atoms with Crippen LogP contribution in [0.15, 0.2) is 58.7 Å². The second-order valence-electron chi connectivity index (χ2n) is 5.91. The summed E-state index contributed by atoms with van der Waals surface area (Å²) in [5.74, 6) is -3.69. The summed E-state index contributed by atoms with van der Waals surface area (Å²) < 4.78 is 31.7. The Morgan fingerprint density at radius 1 is 1.14 bits per heavy atom. The molecule has 2 aromatic rings. The van der Waals surface area contributed by atoms with Crippen molar-refractivity contribution in [2.75, 3.05) is 11.9 Å². The van der Waals surface area contributed by atoms with Crippen molar-refractivity contribution in [1.29, 1.82) is 0 Å². The van der Waals surface area contributed by atoms with Gasteiger partial charge in [0.15, 0.2) is 11.6 Å². The van der Waals surface area contributed by atoms with Crippen molar-refractivity contribution in [1.82, 2.24) is 5.32 Å². The summed E-state index contributed by atoms with van der Waals surface area (Å²) >= 11 is 0. The first kappa shape index (κ1) is 19.2. The Kier molecular flexibility index (Phi) is 5.49. The van der Waals surface area contributed by atoms with Gasteiger partial charge >= 0.3 is 5.97 Å². The molecule has 8 heteroatoms. The number of ether oxygens (including phenoxy) is 1. The number of fused-ring (bicyclic) bond motifs is 1. The average molecular weight is 385 g/mol. The highest BCUT2D eigenvalue weighted by Crippen LogP contribution is 2.30. The van der Waals surface area contributed by atoms with Gasteiger partial charge in [0.05, 0.1) is 18.0 Å². The van der Waals surface area contributed by atoms with E-state index in [-0.39, 0.29) is 23.6 Å². The maximum Gasteiger partial charge on any atom is 0.343 e. The number of esters is 1. The van der Waals surface area contributed by atoms with E-state index < -0.39 is 23.5 Å². The van der Waals surface area contributed by atoms with E-state index in [1.807, 2.05) is 0 Å². The number of aliphatic imine (C=N–C) groups is 1. The molecule has 6 nitrogen and oxygen atoms in total. The Balaban J connectivity index is 2.03. The highest BCUT2D eigenvalue weighted by molar-refractivity contribution is 6.25. The van der Waals surface area contributed by atoms with Gasteiger partial charge in [0.2, 0.25) is 0 Å². The van der Waals surface area contributed by atoms with Crippen molar-refractivity contribution >= 4 is 29.1 Å². The number of benzene rings is 2. The summed E-state index contributed by atoms with van der Waals surface area (Å²) in [4.78, 5) is 29.4. The van der Waals surface area contributed by atoms with Crippen LogP contribution in [0.1, 0.15) is 24.2 Å². The molecule has 0 atom stereocenters. The molecule has 0 unspecified atom stereocenters. The molecule has 0 spiro atoms. The summed E-state index contributed by atoms with van der Waals surface area (Å²) in [7, 11) is 0. The fraction of sp³-hybridized carbons (Fsp3) is 0.150. The number of allylic oxidation sites excluding steroid dienone is 1. The van der Waals surface area contributed by atoms with Gasteiger partial charge in [-0.15, -0.1) is 0 Å². The van der Waals surface area contributed by atoms with Gasteiger partial charge in [-0.1, -0.05) is 12.1 Å². The third-order valence-corrected chi connectivity index (χ3v) is 3.96. The van der Waals surface area contributed by atoms with Crippen LogP contribution in [0.3, 0.4) is 0 Å². The second kappa shape index (κ2) is 7.99. The lowest BCUT2D eigenvalue weighted by molar-refractivity contribution is -0.137. The van der Waals surface area contributed by atoms with E-state index in [0.717, 1.165) is 18.2 Å². The first-order valence-corrected chi connectivity index (χ1v) is 8.50. The van der Waals surface area contributed by atoms with Crippen molar-refractivity contribution in [2.24, 2.45) is 4.99 Å². The van der Waals surface area contributed by atoms with Crippen LogP contribution in [-0.4, -0.2) is 24.3 Å². The normalized spacial score (nSPS) is 13.1. The molecule has 0 aliphatic carbocycles. The number of nitrogens with zero attached hydrogens (tertiary/aromatic N) is 1. The summed E-state index contributed by atoms with van der Waals surface area (Å²) in [6.07, 6.45) is 0. The Morgan fingerprint density at radius 3 is 2.61 bits per heavy atom. The molecule has 0 bridgehead atoms. The van der Waals surface area contributed by atoms with Crippen molar-refractivity contribution in [3.8, 4) is 0 Å². The quantitative estimate of drug-likeness (QED) is 0.790. The van der Waals surface area contributed by atoms with Gasteiger partial charge in [-0.3, -0.25) is 4.79 Å². The fourth-order valence-corrected chi connectivity index (χ4v) is 2.66. The van der Waals surface area contributed by atoms with Crippen LogP contribution in [0.2, 0.25) is 0 Å². The largest absolute Gasteiger partial charge is 0.462 e. The number of nitrogens with one attached hydrogen (secondary N) is 2. The van der Waals surface area contributed by atoms with Gasteiger partial charge in [0.1, 0.15) is 11.4 Å². The lowest BCUT2D eigenvalue weighted by Crippen LogP contribution is -2.35. The van der Waals surface area contributed by atoms with Gasteiger partial charge in [-0.2, -0.15) is 0 Å². The number of carbonyl (C=O) groups is 2. The zero-order chi connectivity index (χ0) is 20.3. The smallest absolute Gasteiger partial charge is 0.343 e. The number of hydrogen-bond acceptors (Lipinski definition) is 5. The second-order valence-corrected chi connectivity index (χ2v) is 5.91. The number of halogens is 2. The molecule has 1 heterocycles. The van der Waals surface area contributed by atoms with E-state index in [0.29, 0.717) is 17.1 Å². The predicted octanol–water partition coefficient (Wildman–Crippen LogP) is 3.69. The van der Waals surface area contributed by atoms with E-state index >= 15 is 0 Å². The van der Waals surface area contributed by atoms with E-state index in [4.69, 9.17) is 4.74 Å². The molecule has 2 aromatic carbocycles. The third kappa shape index (κ3) is 3.90. The predicted molar refractivity (Wildman–Crippen MR) is 100 cm³/mol. The fourth-order valence-electron chi connectivity index (χ4n) is 2.66. The summed E-state index contributed by atoms with van der Waals surface area (Å²) in [5, 5.41) is 5.58. The van der Waals surface area contributed by atoms with Gasteiger partial charge in [-0.05, 0) is 44.2 Å². The highest BCUT2D eigenvalue weighted by Gasteiger charge is 2.26. The molecule has 1 amide bonds. The highest BCUT2D eigenvalue weighted by atomic mass is 19.2. The van der Waals surface area contributed by atoms with Gasteiger partial charge in [0.25, 0.3) is 5.91 Å². The Hall–Kier alpha value is -3.55. The van der Waals surface area contributed by atoms with Crippen molar-refractivity contribution in [3.05, 3.63) is 70.9 Å². The molecule has 1 aliphatic rings. The lowest BCUT2D eigenvalue weighted by Gasteiger charge is -2.13. The number of rotatable bonds is 3. The first-order chi connectivity index (χ1) is 13.4. The standard InChI is InChI=1S/C20H17F2N3O3/c1-3-28-20(27)17-11(2)23-15-6-4-5-7-16(15)24-18(17)25-19(26)12-8-9-13(21)14(22)10-12/h4-10,23H,3H2,1-2H3,(H,24,25,26). The Labute approximate surface area is 159 Å². The topological polar surface area (TPSA) is 79.8 Å². The molecular formula is C20H17F2N3O3. The van der Waals surface area contributed by atoms with Crippen LogP contribution in [0.5, 0.6) is 0 Å². The number of amides is 1. The minimum Gasteiger partial charge on any atom is -0.462 e. The van der Waals surface area contributed by atoms with Crippen LogP contribution >= 0.6 is 0 Å². The molecule has 0 fully saturated rings. The molecule has 28 heavy (non-hydrogen) atoms. The Morgan fingerprint density at radius 2 is 1.89 bits per heavy atom. The van der Waals surface area contributed by atoms with Gasteiger partial charge in [-0.25, -0.2) is 18.6 Å². The summed E-state index contributed by atoms with van der Waals surface area (Å²) in [6.45, 7) is 3.43. The number of para-hydroxylation sites is 2. The van der Waals surface area contributed by atoms with E-state index in [9.17, 15) is 18.4 Å². The number of carbonyl (C=O) groups excluding carboxylic acids is 2. The van der Waals surface area contributed by atoms with E-state index in [2.05, 4.69) is 15.6 Å². The molecule has 0 aromatic heterocycles. The summed E-state index contributed by atoms with van der Waals surface area (Å²) in [6, 6.07) is 9.78. The van der Waals surface area contributed by atoms with E-state index in [1.165, 1.54) is 0 Å². The molecule has 144 valence electrons. The van der Waals surface area contributed by atoms with Crippen LogP contribution in [0, 0.1) is 11.6 Å². The van der Waals surface area contributed by atoms with E-state index in [1.54, 1.807) is 38.1 Å². The Bertz CT molecular complexity index is 1020. The zero-order valence-electron chi connectivity index (χ0n) is 15.2. The summed E-state index contributed by atoms with van der Waals surface area (Å²) in [5.41, 5.74) is 1.47. The average Bonchev–Trinajstić information content (AvgIpc) is 2.79. The molecule has 0 saturated heterocycles. The minimum atomic E-state index is -1.15.